The maximum atomic E-state index is 13.5. The first-order valence-corrected chi connectivity index (χ1v) is 4.56. The van der Waals surface area contributed by atoms with E-state index in [9.17, 15) is 19.0 Å². The van der Waals surface area contributed by atoms with Gasteiger partial charge < -0.3 is 10.2 Å². The third-order valence-corrected chi connectivity index (χ3v) is 2.23. The van der Waals surface area contributed by atoms with Crippen LogP contribution in [0.1, 0.15) is 0 Å². The molecule has 2 aromatic rings. The Kier molecular flexibility index (Phi) is 2.48. The largest absolute Gasteiger partial charge is 0.507 e. The molecule has 2 nitrogen and oxygen atoms in total. The second-order valence-corrected chi connectivity index (χ2v) is 3.30. The standard InChI is InChI=1S/C12H8F2O2/c13-7-4-5-10(15)9(6-7)8-2-1-3-11(16)12(8)14/h1-6,15-16H. The van der Waals surface area contributed by atoms with Crippen LogP contribution in [0.25, 0.3) is 11.1 Å². The average Bonchev–Trinajstić information content (AvgIpc) is 2.26. The quantitative estimate of drug-likeness (QED) is 0.778. The third kappa shape index (κ3) is 1.69. The molecule has 0 saturated carbocycles. The molecule has 0 heterocycles. The first-order valence-electron chi connectivity index (χ1n) is 4.56. The lowest BCUT2D eigenvalue weighted by Gasteiger charge is -2.07. The monoisotopic (exact) mass is 222 g/mol. The Morgan fingerprint density at radius 3 is 2.31 bits per heavy atom. The summed E-state index contributed by atoms with van der Waals surface area (Å²) in [5, 5.41) is 18.7. The highest BCUT2D eigenvalue weighted by Crippen LogP contribution is 2.34. The Morgan fingerprint density at radius 2 is 1.56 bits per heavy atom. The van der Waals surface area contributed by atoms with Crippen molar-refractivity contribution in [2.75, 3.05) is 0 Å². The zero-order valence-electron chi connectivity index (χ0n) is 8.11. The minimum atomic E-state index is -0.886. The van der Waals surface area contributed by atoms with E-state index in [-0.39, 0.29) is 16.9 Å². The molecule has 2 aromatic carbocycles. The fourth-order valence-electron chi connectivity index (χ4n) is 1.45. The Bertz CT molecular complexity index is 539. The second-order valence-electron chi connectivity index (χ2n) is 3.30. The molecule has 2 N–H and O–H groups in total. The molecular formula is C12H8F2O2. The van der Waals surface area contributed by atoms with Crippen LogP contribution in [-0.4, -0.2) is 10.2 Å². The van der Waals surface area contributed by atoms with Crippen LogP contribution in [0.2, 0.25) is 0 Å². The molecule has 0 amide bonds. The molecule has 0 bridgehead atoms. The Balaban J connectivity index is 2.67. The van der Waals surface area contributed by atoms with Crippen molar-refractivity contribution < 1.29 is 19.0 Å². The van der Waals surface area contributed by atoms with Crippen molar-refractivity contribution in [1.29, 1.82) is 0 Å². The van der Waals surface area contributed by atoms with Gasteiger partial charge in [-0.1, -0.05) is 12.1 Å². The molecule has 4 heteroatoms. The zero-order valence-corrected chi connectivity index (χ0v) is 8.11. The number of hydrogen-bond acceptors (Lipinski definition) is 2. The maximum absolute atomic E-state index is 13.5. The highest BCUT2D eigenvalue weighted by Gasteiger charge is 2.13. The van der Waals surface area contributed by atoms with E-state index in [4.69, 9.17) is 0 Å². The predicted octanol–water partition coefficient (Wildman–Crippen LogP) is 3.04. The van der Waals surface area contributed by atoms with Crippen LogP contribution < -0.4 is 0 Å². The lowest BCUT2D eigenvalue weighted by molar-refractivity contribution is 0.433. The van der Waals surface area contributed by atoms with Gasteiger partial charge in [0, 0.05) is 11.1 Å². The van der Waals surface area contributed by atoms with E-state index < -0.39 is 17.4 Å². The SMILES string of the molecule is Oc1ccc(F)cc1-c1cccc(O)c1F. The minimum Gasteiger partial charge on any atom is -0.507 e. The number of benzene rings is 2. The molecule has 0 atom stereocenters. The molecule has 82 valence electrons. The first-order chi connectivity index (χ1) is 7.59. The summed E-state index contributed by atoms with van der Waals surface area (Å²) in [5.74, 6) is -2.26. The van der Waals surface area contributed by atoms with E-state index in [0.717, 1.165) is 18.2 Å². The van der Waals surface area contributed by atoms with Crippen LogP contribution in [0.4, 0.5) is 8.78 Å². The molecule has 2 rings (SSSR count). The smallest absolute Gasteiger partial charge is 0.172 e. The second kappa shape index (κ2) is 3.81. The number of hydrogen-bond donors (Lipinski definition) is 2. The van der Waals surface area contributed by atoms with Crippen LogP contribution >= 0.6 is 0 Å². The highest BCUT2D eigenvalue weighted by atomic mass is 19.1. The van der Waals surface area contributed by atoms with Crippen LogP contribution in [0, 0.1) is 11.6 Å². The summed E-state index contributed by atoms with van der Waals surface area (Å²) in [6.07, 6.45) is 0. The van der Waals surface area contributed by atoms with Crippen LogP contribution in [-0.2, 0) is 0 Å². The van der Waals surface area contributed by atoms with Crippen LogP contribution in [0.3, 0.4) is 0 Å². The topological polar surface area (TPSA) is 40.5 Å². The lowest BCUT2D eigenvalue weighted by atomic mass is 10.0. The van der Waals surface area contributed by atoms with Crippen molar-refractivity contribution in [3.05, 3.63) is 48.0 Å². The van der Waals surface area contributed by atoms with Gasteiger partial charge in [0.25, 0.3) is 0 Å². The molecule has 0 unspecified atom stereocenters. The summed E-state index contributed by atoms with van der Waals surface area (Å²) < 4.78 is 26.5. The molecule has 0 saturated heterocycles. The summed E-state index contributed by atoms with van der Waals surface area (Å²) in [7, 11) is 0. The number of phenolic OH excluding ortho intramolecular Hbond substituents is 2. The van der Waals surface area contributed by atoms with E-state index in [1.165, 1.54) is 18.2 Å². The molecule has 0 aliphatic heterocycles. The fourth-order valence-corrected chi connectivity index (χ4v) is 1.45. The average molecular weight is 222 g/mol. The van der Waals surface area contributed by atoms with Gasteiger partial charge in [-0.15, -0.1) is 0 Å². The van der Waals surface area contributed by atoms with Gasteiger partial charge in [0.05, 0.1) is 0 Å². The molecule has 16 heavy (non-hydrogen) atoms. The van der Waals surface area contributed by atoms with Crippen molar-refractivity contribution in [3.63, 3.8) is 0 Å². The number of halogens is 2. The predicted molar refractivity (Wildman–Crippen MR) is 55.1 cm³/mol. The molecular weight excluding hydrogens is 214 g/mol. The van der Waals surface area contributed by atoms with Crippen molar-refractivity contribution in [1.82, 2.24) is 0 Å². The van der Waals surface area contributed by atoms with E-state index in [1.807, 2.05) is 0 Å². The minimum absolute atomic E-state index is 0.00778. The number of phenols is 2. The summed E-state index contributed by atoms with van der Waals surface area (Å²) in [6.45, 7) is 0. The molecule has 0 spiro atoms. The Morgan fingerprint density at radius 1 is 0.812 bits per heavy atom. The van der Waals surface area contributed by atoms with Gasteiger partial charge in [-0.2, -0.15) is 0 Å². The van der Waals surface area contributed by atoms with Gasteiger partial charge in [0.2, 0.25) is 0 Å². The highest BCUT2D eigenvalue weighted by molar-refractivity contribution is 5.71. The lowest BCUT2D eigenvalue weighted by Crippen LogP contribution is -1.87. The normalized spacial score (nSPS) is 10.4. The fraction of sp³-hybridized carbons (Fsp3) is 0. The van der Waals surface area contributed by atoms with Crippen molar-refractivity contribution in [3.8, 4) is 22.6 Å². The zero-order chi connectivity index (χ0) is 11.7. The number of rotatable bonds is 1. The van der Waals surface area contributed by atoms with Crippen molar-refractivity contribution >= 4 is 0 Å². The van der Waals surface area contributed by atoms with Gasteiger partial charge in [-0.05, 0) is 24.3 Å². The van der Waals surface area contributed by atoms with Gasteiger partial charge in [0.15, 0.2) is 11.6 Å². The number of aromatic hydroxyl groups is 2. The van der Waals surface area contributed by atoms with E-state index in [2.05, 4.69) is 0 Å². The molecule has 0 aliphatic carbocycles. The van der Waals surface area contributed by atoms with Gasteiger partial charge in [-0.25, -0.2) is 8.78 Å². The van der Waals surface area contributed by atoms with Gasteiger partial charge in [0.1, 0.15) is 11.6 Å². The van der Waals surface area contributed by atoms with Gasteiger partial charge in [-0.3, -0.25) is 0 Å². The molecule has 0 aliphatic rings. The summed E-state index contributed by atoms with van der Waals surface area (Å²) in [5.41, 5.74) is -0.0367. The van der Waals surface area contributed by atoms with Crippen LogP contribution in [0.15, 0.2) is 36.4 Å². The summed E-state index contributed by atoms with van der Waals surface area (Å²) >= 11 is 0. The van der Waals surface area contributed by atoms with E-state index in [0.29, 0.717) is 0 Å². The molecule has 0 radical (unpaired) electrons. The summed E-state index contributed by atoms with van der Waals surface area (Å²) in [6, 6.07) is 7.15. The van der Waals surface area contributed by atoms with Gasteiger partial charge >= 0.3 is 0 Å². The Labute approximate surface area is 90.4 Å². The first kappa shape index (κ1) is 10.4. The van der Waals surface area contributed by atoms with E-state index >= 15 is 0 Å². The van der Waals surface area contributed by atoms with Crippen molar-refractivity contribution in [2.45, 2.75) is 0 Å². The van der Waals surface area contributed by atoms with E-state index in [1.54, 1.807) is 0 Å². The van der Waals surface area contributed by atoms with Crippen molar-refractivity contribution in [2.24, 2.45) is 0 Å². The molecule has 0 fully saturated rings. The Hall–Kier alpha value is -2.10. The van der Waals surface area contributed by atoms with Crippen LogP contribution in [0.5, 0.6) is 11.5 Å². The maximum Gasteiger partial charge on any atom is 0.172 e. The molecule has 0 aromatic heterocycles. The summed E-state index contributed by atoms with van der Waals surface area (Å²) in [4.78, 5) is 0. The third-order valence-electron chi connectivity index (χ3n) is 2.23.